The minimum Gasteiger partial charge on any atom is -0.0622 e. The molecule has 0 nitrogen and oxygen atoms in total. The van der Waals surface area contributed by atoms with E-state index in [0.29, 0.717) is 0 Å². The third-order valence-corrected chi connectivity index (χ3v) is 13.6. The first kappa shape index (κ1) is 27.0. The molecule has 0 aliphatic heterocycles. The highest BCUT2D eigenvalue weighted by atomic mass is 31.1. The topological polar surface area (TPSA) is 0 Å². The summed E-state index contributed by atoms with van der Waals surface area (Å²) in [5, 5.41) is 8.58. The quantitative estimate of drug-likeness (QED) is 0.181. The maximum Gasteiger partial charge on any atom is 0.0152 e. The van der Waals surface area contributed by atoms with Crippen LogP contribution in [-0.4, -0.2) is 0 Å². The third kappa shape index (κ3) is 4.84. The van der Waals surface area contributed by atoms with Crippen LogP contribution in [0.15, 0.2) is 158 Å². The van der Waals surface area contributed by atoms with Gasteiger partial charge in [-0.3, -0.25) is 0 Å². The van der Waals surface area contributed by atoms with Gasteiger partial charge in [-0.1, -0.05) is 172 Å². The number of benzene rings is 6. The maximum absolute atomic E-state index is 2.43. The van der Waals surface area contributed by atoms with E-state index in [1.165, 1.54) is 54.1 Å². The first-order chi connectivity index (χ1) is 20.6. The van der Waals surface area contributed by atoms with Crippen molar-refractivity contribution in [2.75, 3.05) is 0 Å². The fourth-order valence-corrected chi connectivity index (χ4v) is 11.6. The van der Waals surface area contributed by atoms with Crippen molar-refractivity contribution >= 4 is 47.7 Å². The molecule has 0 radical (unpaired) electrons. The number of fused-ring (bicyclic) bond motifs is 2. The van der Waals surface area contributed by atoms with E-state index in [9.17, 15) is 0 Å². The van der Waals surface area contributed by atoms with Crippen LogP contribution < -0.4 is 31.8 Å². The Morgan fingerprint density at radius 3 is 1.00 bits per heavy atom. The van der Waals surface area contributed by atoms with Crippen molar-refractivity contribution in [3.05, 3.63) is 180 Å². The largest absolute Gasteiger partial charge is 0.0622 e. The lowest BCUT2D eigenvalue weighted by Crippen LogP contribution is -2.36. The minimum absolute atomic E-state index is 0.0995. The van der Waals surface area contributed by atoms with E-state index in [1.54, 1.807) is 0 Å². The van der Waals surface area contributed by atoms with Crippen molar-refractivity contribution in [3.63, 3.8) is 0 Å². The molecule has 7 rings (SSSR count). The van der Waals surface area contributed by atoms with Gasteiger partial charge < -0.3 is 0 Å². The van der Waals surface area contributed by atoms with E-state index in [1.807, 2.05) is 0 Å². The van der Waals surface area contributed by atoms with Gasteiger partial charge in [0.05, 0.1) is 0 Å². The molecule has 0 aromatic heterocycles. The maximum atomic E-state index is 2.43. The fourth-order valence-electron chi connectivity index (χ4n) is 6.60. The zero-order chi connectivity index (χ0) is 28.5. The van der Waals surface area contributed by atoms with Gasteiger partial charge in [0.25, 0.3) is 0 Å². The van der Waals surface area contributed by atoms with Gasteiger partial charge in [-0.05, 0) is 76.3 Å². The second-order valence-electron chi connectivity index (χ2n) is 11.4. The first-order valence-electron chi connectivity index (χ1n) is 14.7. The Labute approximate surface area is 252 Å². The molecular formula is C40H34P2. The van der Waals surface area contributed by atoms with Gasteiger partial charge >= 0.3 is 0 Å². The van der Waals surface area contributed by atoms with Gasteiger partial charge in [0.1, 0.15) is 0 Å². The zero-order valence-corrected chi connectivity index (χ0v) is 25.9. The van der Waals surface area contributed by atoms with Crippen molar-refractivity contribution in [2.45, 2.75) is 25.7 Å². The highest BCUT2D eigenvalue weighted by Gasteiger charge is 2.37. The lowest BCUT2D eigenvalue weighted by Gasteiger charge is -2.39. The second kappa shape index (κ2) is 11.5. The summed E-state index contributed by atoms with van der Waals surface area (Å²) >= 11 is 0. The molecule has 1 aliphatic carbocycles. The third-order valence-electron chi connectivity index (χ3n) is 8.54. The van der Waals surface area contributed by atoms with E-state index in [-0.39, 0.29) is 5.41 Å². The van der Waals surface area contributed by atoms with Crippen molar-refractivity contribution in [2.24, 2.45) is 0 Å². The molecule has 42 heavy (non-hydrogen) atoms. The van der Waals surface area contributed by atoms with Crippen LogP contribution in [0.1, 0.15) is 36.1 Å². The summed E-state index contributed by atoms with van der Waals surface area (Å²) in [6, 6.07) is 58.7. The van der Waals surface area contributed by atoms with Crippen LogP contribution in [0, 0.1) is 0 Å². The number of rotatable bonds is 6. The molecule has 1 aliphatic rings. The standard InChI is InChI=1S/C40H34P2/c1-40(2)36-25-15-27-38(41(30-17-7-3-8-18-30)31-19-9-4-10-20-31)34(36)29-35-37(40)26-16-28-39(35)42(32-21-11-5-12-22-32)33-23-13-6-14-24-33/h3-28H,29H2,1-2H3. The van der Waals surface area contributed by atoms with Crippen LogP contribution >= 0.6 is 15.8 Å². The monoisotopic (exact) mass is 576 g/mol. The summed E-state index contributed by atoms with van der Waals surface area (Å²) in [7, 11) is -1.40. The summed E-state index contributed by atoms with van der Waals surface area (Å²) in [5.41, 5.74) is 5.85. The molecule has 6 aromatic rings. The number of hydrogen-bond donors (Lipinski definition) is 0. The molecule has 0 saturated heterocycles. The first-order valence-corrected chi connectivity index (χ1v) is 17.4. The minimum atomic E-state index is -0.699. The van der Waals surface area contributed by atoms with Crippen LogP contribution in [0.2, 0.25) is 0 Å². The Bertz CT molecular complexity index is 1600. The highest BCUT2D eigenvalue weighted by molar-refractivity contribution is 7.80. The molecule has 204 valence electrons. The van der Waals surface area contributed by atoms with E-state index in [4.69, 9.17) is 0 Å². The van der Waals surface area contributed by atoms with E-state index in [0.717, 1.165) is 6.42 Å². The predicted octanol–water partition coefficient (Wildman–Crippen LogP) is 7.43. The molecule has 2 heteroatoms. The van der Waals surface area contributed by atoms with E-state index >= 15 is 0 Å². The molecular weight excluding hydrogens is 542 g/mol. The van der Waals surface area contributed by atoms with Crippen molar-refractivity contribution in [3.8, 4) is 0 Å². The molecule has 0 heterocycles. The normalized spacial score (nSPS) is 13.5. The van der Waals surface area contributed by atoms with E-state index < -0.39 is 15.8 Å². The van der Waals surface area contributed by atoms with Crippen LogP contribution in [0.25, 0.3) is 0 Å². The molecule has 6 aromatic carbocycles. The zero-order valence-electron chi connectivity index (χ0n) is 24.1. The molecule has 0 amide bonds. The summed E-state index contributed by atoms with van der Waals surface area (Å²) < 4.78 is 0. The molecule has 0 atom stereocenters. The smallest absolute Gasteiger partial charge is 0.0152 e. The van der Waals surface area contributed by atoms with Crippen LogP contribution in [0.4, 0.5) is 0 Å². The second-order valence-corrected chi connectivity index (χ2v) is 15.8. The Balaban J connectivity index is 1.45. The van der Waals surface area contributed by atoms with Crippen molar-refractivity contribution in [1.82, 2.24) is 0 Å². The molecule has 0 N–H and O–H groups in total. The van der Waals surface area contributed by atoms with Gasteiger partial charge in [-0.15, -0.1) is 0 Å². The summed E-state index contributed by atoms with van der Waals surface area (Å²) in [6.07, 6.45) is 0.956. The number of hydrogen-bond acceptors (Lipinski definition) is 0. The summed E-state index contributed by atoms with van der Waals surface area (Å²) in [6.45, 7) is 4.86. The average molecular weight is 577 g/mol. The summed E-state index contributed by atoms with van der Waals surface area (Å²) in [4.78, 5) is 0. The average Bonchev–Trinajstić information content (AvgIpc) is 3.04. The Hall–Kier alpha value is -3.82. The van der Waals surface area contributed by atoms with E-state index in [2.05, 4.69) is 172 Å². The molecule has 0 bridgehead atoms. The van der Waals surface area contributed by atoms with Crippen LogP contribution in [-0.2, 0) is 11.8 Å². The van der Waals surface area contributed by atoms with Crippen LogP contribution in [0.3, 0.4) is 0 Å². The van der Waals surface area contributed by atoms with Gasteiger partial charge in [-0.2, -0.15) is 0 Å². The summed E-state index contributed by atoms with van der Waals surface area (Å²) in [5.74, 6) is 0. The molecule has 0 unspecified atom stereocenters. The SMILES string of the molecule is CC1(C)c2cccc(P(c3ccccc3)c3ccccc3)c2Cc2c(P(c3ccccc3)c3ccccc3)cccc21. The Kier molecular flexibility index (Phi) is 7.38. The lowest BCUT2D eigenvalue weighted by molar-refractivity contribution is 0.613. The van der Waals surface area contributed by atoms with Gasteiger partial charge in [0, 0.05) is 5.41 Å². The van der Waals surface area contributed by atoms with Crippen molar-refractivity contribution in [1.29, 1.82) is 0 Å². The molecule has 0 spiro atoms. The molecule has 0 saturated carbocycles. The van der Waals surface area contributed by atoms with Crippen molar-refractivity contribution < 1.29 is 0 Å². The van der Waals surface area contributed by atoms with Crippen LogP contribution in [0.5, 0.6) is 0 Å². The highest BCUT2D eigenvalue weighted by Crippen LogP contribution is 2.46. The van der Waals surface area contributed by atoms with Gasteiger partial charge in [0.15, 0.2) is 0 Å². The van der Waals surface area contributed by atoms with Gasteiger partial charge in [0.2, 0.25) is 0 Å². The van der Waals surface area contributed by atoms with Gasteiger partial charge in [-0.25, -0.2) is 0 Å². The lowest BCUT2D eigenvalue weighted by atomic mass is 9.69. The predicted molar refractivity (Wildman–Crippen MR) is 185 cm³/mol. The fraction of sp³-hybridized carbons (Fsp3) is 0.100. The Morgan fingerprint density at radius 2 is 0.690 bits per heavy atom. The Morgan fingerprint density at radius 1 is 0.381 bits per heavy atom. The molecule has 0 fully saturated rings.